The quantitative estimate of drug-likeness (QED) is 0.127. The van der Waals surface area contributed by atoms with Gasteiger partial charge in [0.1, 0.15) is 12.6 Å². The summed E-state index contributed by atoms with van der Waals surface area (Å²) in [6, 6.07) is 21.3. The Labute approximate surface area is 339 Å². The number of pyridine rings is 2. The second kappa shape index (κ2) is 16.7. The second-order valence-electron chi connectivity index (χ2n) is 14.4. The van der Waals surface area contributed by atoms with Crippen LogP contribution in [0, 0.1) is 0 Å². The van der Waals surface area contributed by atoms with E-state index in [4.69, 9.17) is 38.7 Å². The number of nitrogens with two attached hydrogens (primary N) is 1. The minimum atomic E-state index is -3.43. The lowest BCUT2D eigenvalue weighted by atomic mass is 9.96. The van der Waals surface area contributed by atoms with Crippen molar-refractivity contribution in [3.63, 3.8) is 0 Å². The lowest BCUT2D eigenvalue weighted by Gasteiger charge is -2.33. The number of rotatable bonds is 12. The van der Waals surface area contributed by atoms with Gasteiger partial charge in [0.2, 0.25) is 5.88 Å². The maximum atomic E-state index is 12.2. The molecule has 1 saturated heterocycles. The fourth-order valence-corrected chi connectivity index (χ4v) is 9.29. The highest BCUT2D eigenvalue weighted by atomic mass is 79.9. The van der Waals surface area contributed by atoms with Crippen molar-refractivity contribution in [1.29, 1.82) is 0 Å². The van der Waals surface area contributed by atoms with Gasteiger partial charge in [-0.15, -0.1) is 0 Å². The van der Waals surface area contributed by atoms with E-state index in [1.54, 1.807) is 12.3 Å². The molecule has 0 radical (unpaired) electrons. The Balaban J connectivity index is 1.15. The van der Waals surface area contributed by atoms with Gasteiger partial charge >= 0.3 is 5.97 Å². The molecule has 2 atom stereocenters. The Morgan fingerprint density at radius 3 is 2.47 bits per heavy atom. The zero-order valence-corrected chi connectivity index (χ0v) is 34.2. The monoisotopic (exact) mass is 862 g/mol. The van der Waals surface area contributed by atoms with Crippen LogP contribution in [0.2, 0.25) is 10.0 Å². The zero-order chi connectivity index (χ0) is 38.9. The van der Waals surface area contributed by atoms with E-state index in [1.165, 1.54) is 17.3 Å². The molecule has 0 unspecified atom stereocenters. The average Bonchev–Trinajstić information content (AvgIpc) is 3.54. The largest absolute Gasteiger partial charge is 0.480 e. The van der Waals surface area contributed by atoms with Gasteiger partial charge in [-0.25, -0.2) is 13.4 Å². The number of fused-ring (bicyclic) bond motifs is 1. The first-order valence-corrected chi connectivity index (χ1v) is 21.7. The molecule has 0 spiro atoms. The van der Waals surface area contributed by atoms with Gasteiger partial charge < -0.3 is 15.6 Å². The van der Waals surface area contributed by atoms with E-state index >= 15 is 0 Å². The average molecular weight is 865 g/mol. The molecule has 55 heavy (non-hydrogen) atoms. The lowest BCUT2D eigenvalue weighted by molar-refractivity contribution is -0.144. The third-order valence-electron chi connectivity index (χ3n) is 10.4. The summed E-state index contributed by atoms with van der Waals surface area (Å²) in [7, 11) is -3.43. The van der Waals surface area contributed by atoms with Crippen molar-refractivity contribution in [2.24, 2.45) is 5.73 Å². The fraction of sp³-hybridized carbons (Fsp3) is 0.310. The summed E-state index contributed by atoms with van der Waals surface area (Å²) in [5, 5.41) is 11.1. The van der Waals surface area contributed by atoms with Gasteiger partial charge in [-0.1, -0.05) is 84.2 Å². The number of aryl methyl sites for hydroxylation is 2. The van der Waals surface area contributed by atoms with Crippen LogP contribution < -0.4 is 10.5 Å². The van der Waals surface area contributed by atoms with Gasteiger partial charge in [0, 0.05) is 59.2 Å². The smallest absolute Gasteiger partial charge is 0.320 e. The number of sulfone groups is 1. The summed E-state index contributed by atoms with van der Waals surface area (Å²) in [5.41, 5.74) is 15.4. The number of piperidine rings is 1. The fourth-order valence-electron chi connectivity index (χ4n) is 7.57. The molecule has 3 N–H and O–H groups in total. The van der Waals surface area contributed by atoms with E-state index in [2.05, 4.69) is 39.1 Å². The third-order valence-corrected chi connectivity index (χ3v) is 12.9. The predicted octanol–water partition coefficient (Wildman–Crippen LogP) is 8.51. The molecule has 7 rings (SSSR count). The number of aliphatic carboxylic acids is 1. The van der Waals surface area contributed by atoms with Crippen molar-refractivity contribution in [3.05, 3.63) is 127 Å². The standard InChI is InChI=1S/C42H41BrCl2N4O5S/c1-55(52,53)32-16-25(21-47-22-32)11-14-37-30(23-49-15-3-2-10-38(49)42(50)51)20-36(43)41(48-37)54-24-28-6-4-8-34(39(28)44)35-9-5-7-33(40(35)45)27-13-12-26-18-31(46)19-29(26)17-27/h4-9,12-13,16-17,20-22,31,38H,2-3,10-11,14-15,18-19,23-24,46H2,1H3,(H,50,51)/t31-,38-/m1/s1. The van der Waals surface area contributed by atoms with Gasteiger partial charge in [-0.05, 0) is 101 Å². The van der Waals surface area contributed by atoms with Crippen LogP contribution in [-0.2, 0) is 53.5 Å². The number of halogens is 3. The number of ether oxygens (including phenoxy) is 1. The molecule has 5 aromatic rings. The normalized spacial score (nSPS) is 17.3. The van der Waals surface area contributed by atoms with E-state index < -0.39 is 21.8 Å². The summed E-state index contributed by atoms with van der Waals surface area (Å²) in [5.74, 6) is -0.481. The van der Waals surface area contributed by atoms with E-state index in [9.17, 15) is 18.3 Å². The first-order valence-electron chi connectivity index (χ1n) is 18.2. The number of carboxylic acids is 1. The summed E-state index contributed by atoms with van der Waals surface area (Å²) >= 11 is 17.9. The van der Waals surface area contributed by atoms with Crippen LogP contribution in [0.4, 0.5) is 0 Å². The number of likely N-dealkylation sites (tertiary alicyclic amines) is 1. The van der Waals surface area contributed by atoms with Crippen LogP contribution in [0.25, 0.3) is 22.3 Å². The van der Waals surface area contributed by atoms with E-state index in [-0.39, 0.29) is 17.5 Å². The molecule has 13 heteroatoms. The van der Waals surface area contributed by atoms with Crippen LogP contribution >= 0.6 is 39.1 Å². The molecular formula is C42H41BrCl2N4O5S. The summed E-state index contributed by atoms with van der Waals surface area (Å²) < 4.78 is 31.4. The number of hydrogen-bond acceptors (Lipinski definition) is 8. The number of hydrogen-bond donors (Lipinski definition) is 2. The van der Waals surface area contributed by atoms with Crippen LogP contribution in [0.3, 0.4) is 0 Å². The Morgan fingerprint density at radius 1 is 0.945 bits per heavy atom. The Kier molecular flexibility index (Phi) is 12.0. The Morgan fingerprint density at radius 2 is 1.69 bits per heavy atom. The second-order valence-corrected chi connectivity index (χ2v) is 18.0. The van der Waals surface area contributed by atoms with Crippen LogP contribution in [0.15, 0.2) is 88.5 Å². The first kappa shape index (κ1) is 39.4. The van der Waals surface area contributed by atoms with Crippen molar-refractivity contribution in [2.75, 3.05) is 12.8 Å². The molecule has 2 aliphatic rings. The molecule has 1 fully saturated rings. The highest BCUT2D eigenvalue weighted by molar-refractivity contribution is 9.10. The van der Waals surface area contributed by atoms with Crippen LogP contribution in [0.5, 0.6) is 5.88 Å². The molecule has 3 heterocycles. The lowest BCUT2D eigenvalue weighted by Crippen LogP contribution is -2.44. The number of carbonyl (C=O) groups is 1. The zero-order valence-electron chi connectivity index (χ0n) is 30.3. The Bertz CT molecular complexity index is 2380. The predicted molar refractivity (Wildman–Crippen MR) is 219 cm³/mol. The van der Waals surface area contributed by atoms with Gasteiger partial charge in [0.25, 0.3) is 0 Å². The minimum Gasteiger partial charge on any atom is -0.480 e. The SMILES string of the molecule is CS(=O)(=O)c1cncc(CCc2nc(OCc3cccc(-c4cccc(-c5ccc6c(c5)C[C@H](N)C6)c4Cl)c3Cl)c(Br)cc2CN2CCCC[C@@H]2C(=O)O)c1. The molecule has 1 aliphatic carbocycles. The molecule has 286 valence electrons. The summed E-state index contributed by atoms with van der Waals surface area (Å²) in [4.78, 5) is 23.4. The molecule has 9 nitrogen and oxygen atoms in total. The Hall–Kier alpha value is -3.84. The van der Waals surface area contributed by atoms with E-state index in [0.29, 0.717) is 52.7 Å². The number of benzene rings is 3. The maximum Gasteiger partial charge on any atom is 0.320 e. The van der Waals surface area contributed by atoms with Gasteiger partial charge in [0.15, 0.2) is 9.84 Å². The summed E-state index contributed by atoms with van der Waals surface area (Å²) in [6.07, 6.45) is 9.16. The number of carboxylic acid groups (broad SMARTS) is 1. The van der Waals surface area contributed by atoms with Gasteiger partial charge in [-0.3, -0.25) is 14.7 Å². The van der Waals surface area contributed by atoms with Crippen LogP contribution in [0.1, 0.15) is 52.8 Å². The van der Waals surface area contributed by atoms with Crippen molar-refractivity contribution in [1.82, 2.24) is 14.9 Å². The molecule has 2 aromatic heterocycles. The highest BCUT2D eigenvalue weighted by Gasteiger charge is 2.29. The van der Waals surface area contributed by atoms with Crippen molar-refractivity contribution >= 4 is 54.9 Å². The first-order chi connectivity index (χ1) is 26.4. The van der Waals surface area contributed by atoms with Crippen molar-refractivity contribution < 1.29 is 23.1 Å². The summed E-state index contributed by atoms with van der Waals surface area (Å²) in [6.45, 7) is 1.18. The molecule has 3 aromatic carbocycles. The third kappa shape index (κ3) is 8.93. The van der Waals surface area contributed by atoms with E-state index in [0.717, 1.165) is 76.6 Å². The van der Waals surface area contributed by atoms with Crippen molar-refractivity contribution in [2.45, 2.75) is 75.1 Å². The topological polar surface area (TPSA) is 136 Å². The van der Waals surface area contributed by atoms with Crippen LogP contribution in [-0.4, -0.2) is 59.2 Å². The van der Waals surface area contributed by atoms with Crippen molar-refractivity contribution in [3.8, 4) is 28.1 Å². The molecule has 1 aliphatic heterocycles. The number of nitrogens with zero attached hydrogens (tertiary/aromatic N) is 3. The molecular weight excluding hydrogens is 823 g/mol. The van der Waals surface area contributed by atoms with E-state index in [1.807, 2.05) is 47.4 Å². The molecule has 0 amide bonds. The van der Waals surface area contributed by atoms with Gasteiger partial charge in [0.05, 0.1) is 19.4 Å². The minimum absolute atomic E-state index is 0.118. The van der Waals surface area contributed by atoms with Gasteiger partial charge in [-0.2, -0.15) is 0 Å². The molecule has 0 bridgehead atoms. The number of aromatic nitrogens is 2. The highest BCUT2D eigenvalue weighted by Crippen LogP contribution is 2.41. The molecule has 0 saturated carbocycles. The maximum absolute atomic E-state index is 12.2.